The fraction of sp³-hybridized carbons (Fsp3) is 0.500. The zero-order chi connectivity index (χ0) is 18.6. The highest BCUT2D eigenvalue weighted by molar-refractivity contribution is 14.1. The van der Waals surface area contributed by atoms with Gasteiger partial charge in [0, 0.05) is 15.4 Å². The predicted octanol–water partition coefficient (Wildman–Crippen LogP) is 5.42. The maximum atomic E-state index is 14.7. The molecule has 0 aliphatic heterocycles. The number of nitrogens with two attached hydrogens (primary N) is 1. The second-order valence-corrected chi connectivity index (χ2v) is 8.01. The number of anilines is 1. The van der Waals surface area contributed by atoms with Crippen LogP contribution < -0.4 is 5.73 Å². The van der Waals surface area contributed by atoms with Gasteiger partial charge in [0.15, 0.2) is 11.6 Å². The second kappa shape index (κ2) is 6.25. The Labute approximate surface area is 157 Å². The molecule has 1 aromatic rings. The molecule has 2 aliphatic carbocycles. The fourth-order valence-corrected chi connectivity index (χ4v) is 4.72. The molecule has 0 fully saturated rings. The quantitative estimate of drug-likeness (QED) is 0.367. The molecule has 0 saturated carbocycles. The minimum Gasteiger partial charge on any atom is -0.395 e. The number of nitrogen functional groups attached to an aromatic ring is 1. The van der Waals surface area contributed by atoms with E-state index in [1.54, 1.807) is 0 Å². The summed E-state index contributed by atoms with van der Waals surface area (Å²) in [4.78, 5) is 12.1. The number of hydrogen-bond acceptors (Lipinski definition) is 2. The van der Waals surface area contributed by atoms with Crippen LogP contribution >= 0.6 is 22.6 Å². The van der Waals surface area contributed by atoms with Crippen LogP contribution in [0.4, 0.5) is 23.2 Å². The van der Waals surface area contributed by atoms with E-state index in [0.717, 1.165) is 12.8 Å². The van der Waals surface area contributed by atoms with Gasteiger partial charge in [-0.3, -0.25) is 4.79 Å². The Morgan fingerprint density at radius 3 is 2.64 bits per heavy atom. The number of hydrogen-bond donors (Lipinski definition) is 1. The molecule has 2 N–H and O–H groups in total. The maximum Gasteiger partial charge on any atom is 0.420 e. The lowest BCUT2D eigenvalue weighted by molar-refractivity contribution is -0.130. The molecule has 3 rings (SSSR count). The first-order chi connectivity index (χ1) is 11.6. The molecule has 0 spiro atoms. The Balaban J connectivity index is 2.34. The summed E-state index contributed by atoms with van der Waals surface area (Å²) in [5, 5.41) is 0. The molecule has 2 nitrogen and oxygen atoms in total. The normalized spacial score (nSPS) is 23.0. The van der Waals surface area contributed by atoms with Gasteiger partial charge in [-0.15, -0.1) is 0 Å². The molecule has 0 amide bonds. The van der Waals surface area contributed by atoms with Crippen LogP contribution in [0.1, 0.15) is 50.2 Å². The van der Waals surface area contributed by atoms with Crippen LogP contribution in [0.3, 0.4) is 0 Å². The van der Waals surface area contributed by atoms with Gasteiger partial charge in [-0.2, -0.15) is 13.2 Å². The number of allylic oxidation sites excluding steroid dienone is 2. The van der Waals surface area contributed by atoms with E-state index >= 15 is 0 Å². The monoisotopic (exact) mass is 467 g/mol. The summed E-state index contributed by atoms with van der Waals surface area (Å²) in [6.07, 6.45) is -2.33. The van der Waals surface area contributed by atoms with Crippen molar-refractivity contribution in [2.24, 2.45) is 5.41 Å². The van der Waals surface area contributed by atoms with Gasteiger partial charge in [0.2, 0.25) is 0 Å². The summed E-state index contributed by atoms with van der Waals surface area (Å²) >= 11 is 1.82. The first-order valence-electron chi connectivity index (χ1n) is 8.24. The van der Waals surface area contributed by atoms with E-state index in [4.69, 9.17) is 5.73 Å². The number of ketones is 1. The number of benzene rings is 1. The molecule has 1 unspecified atom stereocenters. The van der Waals surface area contributed by atoms with Gasteiger partial charge in [0.05, 0.1) is 5.69 Å². The molecule has 1 aromatic carbocycles. The Morgan fingerprint density at radius 2 is 2.04 bits per heavy atom. The number of carbonyl (C=O) groups is 1. The number of alkyl halides is 3. The van der Waals surface area contributed by atoms with Crippen molar-refractivity contribution >= 4 is 39.6 Å². The van der Waals surface area contributed by atoms with Crippen molar-refractivity contribution in [3.05, 3.63) is 32.2 Å². The minimum atomic E-state index is -4.74. The first-order valence-corrected chi connectivity index (χ1v) is 9.32. The molecule has 25 heavy (non-hydrogen) atoms. The van der Waals surface area contributed by atoms with E-state index in [9.17, 15) is 22.4 Å². The lowest BCUT2D eigenvalue weighted by Crippen LogP contribution is -2.34. The smallest absolute Gasteiger partial charge is 0.395 e. The van der Waals surface area contributed by atoms with E-state index in [0.29, 0.717) is 16.4 Å². The summed E-state index contributed by atoms with van der Waals surface area (Å²) < 4.78 is 56.2. The van der Waals surface area contributed by atoms with Crippen molar-refractivity contribution in [3.63, 3.8) is 0 Å². The molecule has 0 bridgehead atoms. The lowest BCUT2D eigenvalue weighted by atomic mass is 9.67. The average molecular weight is 467 g/mol. The summed E-state index contributed by atoms with van der Waals surface area (Å²) in [7, 11) is 0. The lowest BCUT2D eigenvalue weighted by Gasteiger charge is -2.37. The van der Waals surface area contributed by atoms with Gasteiger partial charge < -0.3 is 5.73 Å². The Morgan fingerprint density at radius 1 is 1.36 bits per heavy atom. The highest BCUT2D eigenvalue weighted by Crippen LogP contribution is 2.59. The van der Waals surface area contributed by atoms with Gasteiger partial charge in [-0.25, -0.2) is 4.39 Å². The van der Waals surface area contributed by atoms with Crippen LogP contribution in [-0.2, 0) is 11.2 Å². The Hall–Kier alpha value is -1.12. The summed E-state index contributed by atoms with van der Waals surface area (Å²) in [6, 6.07) is 1.50. The van der Waals surface area contributed by atoms with Crippen molar-refractivity contribution in [2.45, 2.75) is 51.6 Å². The summed E-state index contributed by atoms with van der Waals surface area (Å²) in [5.74, 6) is -1.54. The van der Waals surface area contributed by atoms with Crippen LogP contribution in [0.2, 0.25) is 0 Å². The highest BCUT2D eigenvalue weighted by atomic mass is 127. The third-order valence-electron chi connectivity index (χ3n) is 5.32. The predicted molar refractivity (Wildman–Crippen MR) is 96.4 cm³/mol. The maximum absolute atomic E-state index is 14.7. The summed E-state index contributed by atoms with van der Waals surface area (Å²) in [5.41, 5.74) is 4.23. The van der Waals surface area contributed by atoms with Gasteiger partial charge in [-0.05, 0) is 64.6 Å². The van der Waals surface area contributed by atoms with Gasteiger partial charge in [-0.1, -0.05) is 19.8 Å². The van der Waals surface area contributed by atoms with Crippen LogP contribution in [0.25, 0.3) is 5.57 Å². The fourth-order valence-electron chi connectivity index (χ4n) is 4.17. The minimum absolute atomic E-state index is 0.00323. The first kappa shape index (κ1) is 18.7. The zero-order valence-corrected chi connectivity index (χ0v) is 15.9. The molecular weight excluding hydrogens is 449 g/mol. The highest BCUT2D eigenvalue weighted by Gasteiger charge is 2.54. The van der Waals surface area contributed by atoms with Crippen molar-refractivity contribution in [1.82, 2.24) is 0 Å². The molecule has 136 valence electrons. The molecular formula is C18H18F4INO. The van der Waals surface area contributed by atoms with E-state index in [2.05, 4.69) is 0 Å². The molecule has 2 aliphatic rings. The van der Waals surface area contributed by atoms with Crippen LogP contribution in [0.5, 0.6) is 0 Å². The van der Waals surface area contributed by atoms with Crippen molar-refractivity contribution in [3.8, 4) is 0 Å². The van der Waals surface area contributed by atoms with Crippen LogP contribution in [0.15, 0.2) is 11.6 Å². The number of Topliss-reactive ketones (excluding diaryl/α,β-unsaturated/α-hetero) is 1. The van der Waals surface area contributed by atoms with Gasteiger partial charge in [0.25, 0.3) is 0 Å². The van der Waals surface area contributed by atoms with Gasteiger partial charge in [0.1, 0.15) is 5.57 Å². The molecule has 0 radical (unpaired) electrons. The van der Waals surface area contributed by atoms with E-state index < -0.39 is 28.8 Å². The third-order valence-corrected chi connectivity index (χ3v) is 6.21. The van der Waals surface area contributed by atoms with Gasteiger partial charge >= 0.3 is 6.18 Å². The Kier molecular flexibility index (Phi) is 4.66. The van der Waals surface area contributed by atoms with Crippen molar-refractivity contribution < 1.29 is 22.4 Å². The van der Waals surface area contributed by atoms with Crippen molar-refractivity contribution in [1.29, 1.82) is 0 Å². The zero-order valence-electron chi connectivity index (χ0n) is 13.7. The largest absolute Gasteiger partial charge is 0.420 e. The van der Waals surface area contributed by atoms with Crippen LogP contribution in [-0.4, -0.2) is 12.0 Å². The third kappa shape index (κ3) is 2.88. The summed E-state index contributed by atoms with van der Waals surface area (Å²) in [6.45, 7) is 1.96. The molecule has 0 aromatic heterocycles. The SMILES string of the molecule is CCCCC12CCC(=O)C(C(F)(F)F)=C1c1cc(I)c(N)c(F)c1C2. The van der Waals surface area contributed by atoms with Crippen LogP contribution in [0, 0.1) is 14.8 Å². The van der Waals surface area contributed by atoms with E-state index in [1.165, 1.54) is 6.07 Å². The number of unbranched alkanes of at least 4 members (excludes halogenated alkanes) is 1. The molecule has 0 heterocycles. The number of halogens is 5. The van der Waals surface area contributed by atoms with Crippen molar-refractivity contribution in [2.75, 3.05) is 5.73 Å². The topological polar surface area (TPSA) is 43.1 Å². The molecule has 1 atom stereocenters. The molecule has 7 heteroatoms. The van der Waals surface area contributed by atoms with E-state index in [1.807, 2.05) is 29.5 Å². The number of fused-ring (bicyclic) bond motifs is 3. The average Bonchev–Trinajstić information content (AvgIpc) is 2.85. The Bertz CT molecular complexity index is 784. The second-order valence-electron chi connectivity index (χ2n) is 6.84. The van der Waals surface area contributed by atoms with E-state index in [-0.39, 0.29) is 35.2 Å². The number of carbonyl (C=O) groups excluding carboxylic acids is 1. The standard InChI is InChI=1S/C18H18F4INO/c1-2-3-5-17-6-4-12(25)14(18(20,21)22)13(17)9-7-11(23)16(24)15(19)10(9)8-17/h7H,2-6,8,24H2,1H3. The molecule has 0 saturated heterocycles. The number of rotatable bonds is 3.